The summed E-state index contributed by atoms with van der Waals surface area (Å²) in [7, 11) is 1.64. The normalized spacial score (nSPS) is 18.6. The van der Waals surface area contributed by atoms with Crippen LogP contribution in [-0.4, -0.2) is 79.5 Å². The number of methoxy groups -OCH3 is 1. The molecule has 0 radical (unpaired) electrons. The van der Waals surface area contributed by atoms with E-state index in [-0.39, 0.29) is 24.7 Å². The number of aliphatic hydroxyl groups excluding tert-OH is 1. The highest BCUT2D eigenvalue weighted by Crippen LogP contribution is 2.35. The number of thiophene rings is 1. The Morgan fingerprint density at radius 3 is 2.80 bits per heavy atom. The van der Waals surface area contributed by atoms with E-state index in [2.05, 4.69) is 16.3 Å². The summed E-state index contributed by atoms with van der Waals surface area (Å²) in [6, 6.07) is 9.54. The first-order chi connectivity index (χ1) is 16.9. The molecule has 1 aromatic heterocycles. The van der Waals surface area contributed by atoms with Crippen LogP contribution in [0.5, 0.6) is 11.5 Å². The van der Waals surface area contributed by atoms with Gasteiger partial charge in [-0.1, -0.05) is 6.07 Å². The van der Waals surface area contributed by atoms with E-state index in [1.807, 2.05) is 43.0 Å². The molecule has 2 aliphatic rings. The van der Waals surface area contributed by atoms with Gasteiger partial charge in [0.25, 0.3) is 0 Å². The zero-order valence-electron chi connectivity index (χ0n) is 21.0. The maximum Gasteiger partial charge on any atom is 0.237 e. The van der Waals surface area contributed by atoms with Crippen LogP contribution in [0.3, 0.4) is 0 Å². The van der Waals surface area contributed by atoms with Crippen molar-refractivity contribution in [2.45, 2.75) is 51.4 Å². The highest BCUT2D eigenvalue weighted by atomic mass is 32.1. The first-order valence-electron chi connectivity index (χ1n) is 12.6. The molecule has 2 heterocycles. The van der Waals surface area contributed by atoms with Crippen molar-refractivity contribution in [2.75, 3.05) is 46.5 Å². The van der Waals surface area contributed by atoms with Crippen molar-refractivity contribution in [3.8, 4) is 11.5 Å². The number of rotatable bonds is 13. The molecular formula is C27H38N2O5S. The fourth-order valence-corrected chi connectivity index (χ4v) is 5.47. The number of fused-ring (bicyclic) bond motifs is 1. The van der Waals surface area contributed by atoms with E-state index in [1.54, 1.807) is 18.4 Å². The molecule has 8 heteroatoms. The van der Waals surface area contributed by atoms with Gasteiger partial charge in [0.05, 0.1) is 38.5 Å². The first kappa shape index (κ1) is 25.9. The third kappa shape index (κ3) is 7.43. The van der Waals surface area contributed by atoms with Crippen LogP contribution in [0.1, 0.15) is 43.2 Å². The Bertz CT molecular complexity index is 961. The van der Waals surface area contributed by atoms with Crippen LogP contribution in [0.2, 0.25) is 0 Å². The number of carbonyl (C=O) groups excluding carboxylic acids is 1. The summed E-state index contributed by atoms with van der Waals surface area (Å²) in [6.45, 7) is 6.84. The lowest BCUT2D eigenvalue weighted by molar-refractivity contribution is -0.136. The van der Waals surface area contributed by atoms with E-state index in [0.717, 1.165) is 24.5 Å². The minimum atomic E-state index is -0.610. The molecule has 4 rings (SSSR count). The fraction of sp³-hybridized carbons (Fsp3) is 0.593. The van der Waals surface area contributed by atoms with Gasteiger partial charge in [-0.3, -0.25) is 9.69 Å². The lowest BCUT2D eigenvalue weighted by Crippen LogP contribution is -2.48. The smallest absolute Gasteiger partial charge is 0.237 e. The molecule has 1 amide bonds. The Morgan fingerprint density at radius 2 is 2.06 bits per heavy atom. The minimum Gasteiger partial charge on any atom is -0.497 e. The summed E-state index contributed by atoms with van der Waals surface area (Å²) in [5, 5.41) is 12.6. The van der Waals surface area contributed by atoms with E-state index in [0.29, 0.717) is 32.2 Å². The average molecular weight is 503 g/mol. The molecular weight excluding hydrogens is 464 g/mol. The summed E-state index contributed by atoms with van der Waals surface area (Å²) in [4.78, 5) is 19.0. The molecule has 1 N–H and O–H groups in total. The molecule has 0 saturated heterocycles. The van der Waals surface area contributed by atoms with Gasteiger partial charge in [-0.15, -0.1) is 11.3 Å². The molecule has 0 bridgehead atoms. The third-order valence-electron chi connectivity index (χ3n) is 6.53. The molecule has 1 aliphatic heterocycles. The van der Waals surface area contributed by atoms with Gasteiger partial charge < -0.3 is 24.2 Å². The zero-order chi connectivity index (χ0) is 24.8. The quantitative estimate of drug-likeness (QED) is 0.450. The molecule has 1 aromatic carbocycles. The van der Waals surface area contributed by atoms with Gasteiger partial charge in [-0.25, -0.2) is 0 Å². The van der Waals surface area contributed by atoms with Crippen molar-refractivity contribution in [2.24, 2.45) is 5.92 Å². The van der Waals surface area contributed by atoms with Crippen LogP contribution in [0.15, 0.2) is 35.7 Å². The predicted molar refractivity (Wildman–Crippen MR) is 137 cm³/mol. The molecule has 7 nitrogen and oxygen atoms in total. The molecule has 1 fully saturated rings. The van der Waals surface area contributed by atoms with Crippen molar-refractivity contribution in [3.63, 3.8) is 0 Å². The second-order valence-electron chi connectivity index (χ2n) is 9.82. The summed E-state index contributed by atoms with van der Waals surface area (Å²) in [5.74, 6) is 2.17. The number of hydrogen-bond donors (Lipinski definition) is 1. The van der Waals surface area contributed by atoms with E-state index >= 15 is 0 Å². The second-order valence-corrected chi connectivity index (χ2v) is 10.8. The van der Waals surface area contributed by atoms with Crippen molar-refractivity contribution < 1.29 is 24.1 Å². The van der Waals surface area contributed by atoms with E-state index < -0.39 is 6.10 Å². The van der Waals surface area contributed by atoms with Gasteiger partial charge in [-0.05, 0) is 68.2 Å². The fourth-order valence-electron chi connectivity index (χ4n) is 4.55. The van der Waals surface area contributed by atoms with Gasteiger partial charge in [0.15, 0.2) is 0 Å². The predicted octanol–water partition coefficient (Wildman–Crippen LogP) is 3.76. The van der Waals surface area contributed by atoms with Crippen molar-refractivity contribution in [3.05, 3.63) is 46.2 Å². The molecule has 0 unspecified atom stereocenters. The Balaban J connectivity index is 1.43. The van der Waals surface area contributed by atoms with Crippen LogP contribution in [0, 0.1) is 5.92 Å². The summed E-state index contributed by atoms with van der Waals surface area (Å²) >= 11 is 1.75. The van der Waals surface area contributed by atoms with Gasteiger partial charge in [0.2, 0.25) is 5.91 Å². The standard InChI is InChI=1S/C27H38N2O5S/c1-19(2)33-17-21(30)15-28(14-20-7-8-20)16-27(31)29-11-9-26-24(10-12-35-26)25(29)18-34-23-6-4-5-22(13-23)32-3/h4-6,10,12-13,19-21,25,30H,7-9,11,14-18H2,1-3H3/t21-,25+/m1/s1. The minimum absolute atomic E-state index is 0.0710. The topological polar surface area (TPSA) is 71.5 Å². The lowest BCUT2D eigenvalue weighted by atomic mass is 10.0. The van der Waals surface area contributed by atoms with Gasteiger partial charge in [-0.2, -0.15) is 0 Å². The maximum atomic E-state index is 13.6. The molecule has 2 atom stereocenters. The van der Waals surface area contributed by atoms with Gasteiger partial charge >= 0.3 is 0 Å². The van der Waals surface area contributed by atoms with Gasteiger partial charge in [0, 0.05) is 30.6 Å². The maximum absolute atomic E-state index is 13.6. The molecule has 35 heavy (non-hydrogen) atoms. The molecule has 192 valence electrons. The Morgan fingerprint density at radius 1 is 1.26 bits per heavy atom. The molecule has 1 aliphatic carbocycles. The van der Waals surface area contributed by atoms with Crippen LogP contribution in [0.4, 0.5) is 0 Å². The summed E-state index contributed by atoms with van der Waals surface area (Å²) in [6.07, 6.45) is 2.72. The monoisotopic (exact) mass is 502 g/mol. The number of ether oxygens (including phenoxy) is 3. The third-order valence-corrected chi connectivity index (χ3v) is 7.52. The van der Waals surface area contributed by atoms with Crippen LogP contribution in [-0.2, 0) is 16.0 Å². The van der Waals surface area contributed by atoms with Crippen molar-refractivity contribution in [1.29, 1.82) is 0 Å². The number of nitrogens with zero attached hydrogens (tertiary/aromatic N) is 2. The number of aliphatic hydroxyl groups is 1. The first-order valence-corrected chi connectivity index (χ1v) is 13.5. The number of benzene rings is 1. The van der Waals surface area contributed by atoms with E-state index in [9.17, 15) is 9.90 Å². The van der Waals surface area contributed by atoms with Crippen LogP contribution < -0.4 is 9.47 Å². The largest absolute Gasteiger partial charge is 0.497 e. The summed E-state index contributed by atoms with van der Waals surface area (Å²) in [5.41, 5.74) is 1.18. The van der Waals surface area contributed by atoms with E-state index in [1.165, 1.54) is 23.3 Å². The number of hydrogen-bond acceptors (Lipinski definition) is 7. The lowest BCUT2D eigenvalue weighted by Gasteiger charge is -2.37. The SMILES string of the molecule is COc1cccc(OC[C@H]2c3ccsc3CCN2C(=O)CN(CC2CC2)C[C@@H](O)COC(C)C)c1. The van der Waals surface area contributed by atoms with Crippen molar-refractivity contribution in [1.82, 2.24) is 9.80 Å². The molecule has 1 saturated carbocycles. The Kier molecular flexibility index (Phi) is 9.05. The van der Waals surface area contributed by atoms with Gasteiger partial charge in [0.1, 0.15) is 18.1 Å². The Hall–Kier alpha value is -2.13. The van der Waals surface area contributed by atoms with E-state index in [4.69, 9.17) is 14.2 Å². The highest BCUT2D eigenvalue weighted by molar-refractivity contribution is 7.10. The average Bonchev–Trinajstić information content (AvgIpc) is 3.52. The van der Waals surface area contributed by atoms with Crippen LogP contribution in [0.25, 0.3) is 0 Å². The van der Waals surface area contributed by atoms with Crippen molar-refractivity contribution >= 4 is 17.2 Å². The number of carbonyl (C=O) groups is 1. The van der Waals surface area contributed by atoms with Crippen LogP contribution >= 0.6 is 11.3 Å². The number of amides is 1. The summed E-state index contributed by atoms with van der Waals surface area (Å²) < 4.78 is 17.1. The molecule has 2 aromatic rings. The zero-order valence-corrected chi connectivity index (χ0v) is 21.8. The highest BCUT2D eigenvalue weighted by Gasteiger charge is 2.34. The Labute approximate surface area is 212 Å². The molecule has 0 spiro atoms. The second kappa shape index (κ2) is 12.2.